The van der Waals surface area contributed by atoms with Crippen molar-refractivity contribution in [1.29, 1.82) is 0 Å². The summed E-state index contributed by atoms with van der Waals surface area (Å²) in [5.41, 5.74) is 0. The summed E-state index contributed by atoms with van der Waals surface area (Å²) in [6, 6.07) is 0. The minimum Gasteiger partial charge on any atom is -0.759 e. The van der Waals surface area contributed by atoms with Crippen LogP contribution in [0.4, 0.5) is 0 Å². The Morgan fingerprint density at radius 1 is 1.11 bits per heavy atom. The molecular weight excluding hydrogens is 332 g/mol. The summed E-state index contributed by atoms with van der Waals surface area (Å²) in [7, 11) is -5.17. The Kier molecular flexibility index (Phi) is 43.1. The van der Waals surface area contributed by atoms with Crippen molar-refractivity contribution in [3.8, 4) is 0 Å². The molecule has 0 N–H and O–H groups in total. The molecule has 0 unspecified atom stereocenters. The largest absolute Gasteiger partial charge is 3.00 e. The standard InChI is InChI=1S/Cr.Cu.Mn.H2O4S.Zn/c;;;1-5(2,3)4;/h;;;(H2,1,2,3,4);/q+3;2*+2;;+2/p-2. The van der Waals surface area contributed by atoms with Gasteiger partial charge in [0, 0.05) is 10.4 Å². The van der Waals surface area contributed by atoms with Crippen molar-refractivity contribution in [3.05, 3.63) is 0 Å². The quantitative estimate of drug-likeness (QED) is 0.312. The van der Waals surface area contributed by atoms with Crippen molar-refractivity contribution in [2.75, 3.05) is 0 Å². The van der Waals surface area contributed by atoms with Crippen LogP contribution in [0.5, 0.6) is 0 Å². The van der Waals surface area contributed by atoms with E-state index in [1.165, 1.54) is 0 Å². The van der Waals surface area contributed by atoms with Gasteiger partial charge in [0.25, 0.3) is 0 Å². The Bertz CT molecular complexity index is 104. The van der Waals surface area contributed by atoms with E-state index in [1.807, 2.05) is 0 Å². The Morgan fingerprint density at radius 2 is 1.11 bits per heavy atom. The van der Waals surface area contributed by atoms with Gasteiger partial charge < -0.3 is 9.11 Å². The van der Waals surface area contributed by atoms with E-state index in [0.717, 1.165) is 0 Å². The van der Waals surface area contributed by atoms with E-state index in [4.69, 9.17) is 17.5 Å². The predicted octanol–water partition coefficient (Wildman–Crippen LogP) is -1.35. The molecule has 9 heavy (non-hydrogen) atoms. The van der Waals surface area contributed by atoms with Gasteiger partial charge in [-0.25, -0.2) is 0 Å². The Labute approximate surface area is 98.0 Å². The average Bonchev–Trinajstić information content (AvgIpc) is 0.722. The van der Waals surface area contributed by atoms with Crippen molar-refractivity contribution in [3.63, 3.8) is 0 Å². The molecule has 0 spiro atoms. The van der Waals surface area contributed by atoms with E-state index in [2.05, 4.69) is 0 Å². The molecular formula is CrCuMnO4SZn+7. The van der Waals surface area contributed by atoms with E-state index >= 15 is 0 Å². The molecule has 4 nitrogen and oxygen atoms in total. The summed E-state index contributed by atoms with van der Waals surface area (Å²) in [6.07, 6.45) is 0. The van der Waals surface area contributed by atoms with Crippen molar-refractivity contribution >= 4 is 10.4 Å². The minimum absolute atomic E-state index is 0. The van der Waals surface area contributed by atoms with Gasteiger partial charge in [0.1, 0.15) is 0 Å². The molecule has 0 atom stereocenters. The Balaban J connectivity index is -0.0000000133. The zero-order valence-corrected chi connectivity index (χ0v) is 11.0. The number of hydrogen-bond acceptors (Lipinski definition) is 4. The third-order valence-corrected chi connectivity index (χ3v) is 0. The molecule has 0 amide bonds. The van der Waals surface area contributed by atoms with Crippen molar-refractivity contribution < 1.29 is 88.5 Å². The smallest absolute Gasteiger partial charge is 0.759 e. The van der Waals surface area contributed by atoms with E-state index in [0.29, 0.717) is 0 Å². The predicted molar refractivity (Wildman–Crippen MR) is 10.5 cm³/mol. The SMILES string of the molecule is O=S(=O)([O-])[O-].[Cr+3].[Cu+2].[Mn+2].[Zn+2]. The number of hydrogen-bond donors (Lipinski definition) is 0. The molecule has 0 saturated heterocycles. The van der Waals surface area contributed by atoms with Crippen LogP contribution in [-0.4, -0.2) is 17.5 Å². The molecule has 0 aromatic rings. The zero-order chi connectivity index (χ0) is 4.50. The zero-order valence-electron chi connectivity index (χ0n) is 3.84. The maximum atomic E-state index is 8.52. The van der Waals surface area contributed by atoms with Crippen LogP contribution in [0.1, 0.15) is 0 Å². The fraction of sp³-hybridized carbons (Fsp3) is 0. The van der Waals surface area contributed by atoms with Crippen LogP contribution >= 0.6 is 0 Å². The third kappa shape index (κ3) is 154. The molecule has 0 heterocycles. The molecule has 49 valence electrons. The van der Waals surface area contributed by atoms with Gasteiger partial charge in [-0.2, -0.15) is 0 Å². The van der Waals surface area contributed by atoms with Crippen molar-refractivity contribution in [2.24, 2.45) is 0 Å². The van der Waals surface area contributed by atoms with Gasteiger partial charge in [-0.3, -0.25) is 8.42 Å². The molecule has 0 aromatic carbocycles. The first-order valence-electron chi connectivity index (χ1n) is 0.667. The van der Waals surface area contributed by atoms with Crippen LogP contribution in [0.3, 0.4) is 0 Å². The summed E-state index contributed by atoms with van der Waals surface area (Å²) in [4.78, 5) is 0. The Hall–Kier alpha value is 2.06. The summed E-state index contributed by atoms with van der Waals surface area (Å²) in [5.74, 6) is 0. The van der Waals surface area contributed by atoms with E-state index in [1.54, 1.807) is 0 Å². The normalized spacial score (nSPS) is 6.44. The molecule has 0 fully saturated rings. The molecule has 0 aliphatic carbocycles. The summed E-state index contributed by atoms with van der Waals surface area (Å²) in [5, 5.41) is 0. The second-order valence-corrected chi connectivity index (χ2v) is 1.22. The van der Waals surface area contributed by atoms with Crippen LogP contribution in [-0.2, 0) is 81.4 Å². The summed E-state index contributed by atoms with van der Waals surface area (Å²) >= 11 is 0. The molecule has 0 rings (SSSR count). The number of rotatable bonds is 0. The molecule has 0 saturated carbocycles. The Morgan fingerprint density at radius 3 is 1.11 bits per heavy atom. The third-order valence-electron chi connectivity index (χ3n) is 0. The maximum absolute atomic E-state index is 8.52. The van der Waals surface area contributed by atoms with Gasteiger partial charge in [0.15, 0.2) is 0 Å². The van der Waals surface area contributed by atoms with Crippen LogP contribution < -0.4 is 0 Å². The first kappa shape index (κ1) is 30.5. The molecule has 0 bridgehead atoms. The average molecular weight is 332 g/mol. The summed E-state index contributed by atoms with van der Waals surface area (Å²) < 4.78 is 34.1. The van der Waals surface area contributed by atoms with Gasteiger partial charge in [0.2, 0.25) is 0 Å². The van der Waals surface area contributed by atoms with Crippen LogP contribution in [0.15, 0.2) is 0 Å². The second kappa shape index (κ2) is 12.7. The molecule has 0 aliphatic heterocycles. The van der Waals surface area contributed by atoms with Gasteiger partial charge >= 0.3 is 71.0 Å². The molecule has 0 aliphatic rings. The topological polar surface area (TPSA) is 80.3 Å². The minimum atomic E-state index is -5.17. The van der Waals surface area contributed by atoms with Crippen LogP contribution in [0.2, 0.25) is 0 Å². The van der Waals surface area contributed by atoms with E-state index in [-0.39, 0.29) is 71.0 Å². The van der Waals surface area contributed by atoms with Gasteiger partial charge in [-0.15, -0.1) is 0 Å². The van der Waals surface area contributed by atoms with Crippen molar-refractivity contribution in [1.82, 2.24) is 0 Å². The van der Waals surface area contributed by atoms with Gasteiger partial charge in [0.05, 0.1) is 0 Å². The van der Waals surface area contributed by atoms with E-state index in [9.17, 15) is 0 Å². The fourth-order valence-corrected chi connectivity index (χ4v) is 0. The molecule has 0 aromatic heterocycles. The first-order valence-corrected chi connectivity index (χ1v) is 2.00. The monoisotopic (exact) mass is 330 g/mol. The molecule has 9 heteroatoms. The second-order valence-electron chi connectivity index (χ2n) is 0.408. The molecule has 3 radical (unpaired) electrons. The summed E-state index contributed by atoms with van der Waals surface area (Å²) in [6.45, 7) is 0. The van der Waals surface area contributed by atoms with Crippen LogP contribution in [0.25, 0.3) is 0 Å². The first-order chi connectivity index (χ1) is 2.00. The van der Waals surface area contributed by atoms with E-state index < -0.39 is 10.4 Å². The van der Waals surface area contributed by atoms with Gasteiger partial charge in [-0.05, 0) is 0 Å². The van der Waals surface area contributed by atoms with Crippen LogP contribution in [0, 0.1) is 0 Å². The van der Waals surface area contributed by atoms with Crippen molar-refractivity contribution in [2.45, 2.75) is 0 Å². The fourth-order valence-electron chi connectivity index (χ4n) is 0. The van der Waals surface area contributed by atoms with Gasteiger partial charge in [-0.1, -0.05) is 0 Å². The maximum Gasteiger partial charge on any atom is 3.00 e.